The Hall–Kier alpha value is -1.95. The average Bonchev–Trinajstić information content (AvgIpc) is 2.27. The molecule has 0 radical (unpaired) electrons. The number of nitrogens with one attached hydrogen (secondary N) is 1. The first-order chi connectivity index (χ1) is 7.17. The van der Waals surface area contributed by atoms with Gasteiger partial charge in [-0.25, -0.2) is 4.79 Å². The summed E-state index contributed by atoms with van der Waals surface area (Å²) >= 11 is 0. The summed E-state index contributed by atoms with van der Waals surface area (Å²) in [6.45, 7) is 2.39. The van der Waals surface area contributed by atoms with Crippen LogP contribution >= 0.6 is 0 Å². The molecule has 1 aromatic rings. The van der Waals surface area contributed by atoms with Gasteiger partial charge in [0.05, 0.1) is 7.11 Å². The maximum atomic E-state index is 10.9. The van der Waals surface area contributed by atoms with Crippen molar-refractivity contribution in [3.8, 4) is 12.3 Å². The van der Waals surface area contributed by atoms with Gasteiger partial charge in [0.2, 0.25) is 0 Å². The van der Waals surface area contributed by atoms with Crippen molar-refractivity contribution in [1.29, 1.82) is 0 Å². The molecule has 0 aliphatic heterocycles. The normalized spacial score (nSPS) is 9.13. The predicted molar refractivity (Wildman–Crippen MR) is 58.4 cm³/mol. The van der Waals surface area contributed by atoms with E-state index in [1.54, 1.807) is 0 Å². The van der Waals surface area contributed by atoms with Crippen molar-refractivity contribution in [1.82, 2.24) is 5.32 Å². The van der Waals surface area contributed by atoms with Gasteiger partial charge in [-0.1, -0.05) is 12.0 Å². The minimum absolute atomic E-state index is 0.425. The number of methoxy groups -OCH3 is 1. The molecule has 0 aliphatic carbocycles. The Morgan fingerprint density at radius 3 is 2.93 bits per heavy atom. The fourth-order valence-electron chi connectivity index (χ4n) is 1.19. The average molecular weight is 203 g/mol. The third-order valence-electron chi connectivity index (χ3n) is 2.12. The first kappa shape index (κ1) is 11.1. The van der Waals surface area contributed by atoms with Gasteiger partial charge in [0.15, 0.2) is 0 Å². The molecule has 78 valence electrons. The molecule has 0 aromatic heterocycles. The summed E-state index contributed by atoms with van der Waals surface area (Å²) in [5.74, 6) is 2.55. The van der Waals surface area contributed by atoms with Crippen LogP contribution < -0.4 is 5.32 Å². The van der Waals surface area contributed by atoms with E-state index in [1.165, 1.54) is 7.11 Å². The first-order valence-electron chi connectivity index (χ1n) is 4.55. The molecule has 1 aromatic carbocycles. The number of terminal acetylenes is 1. The molecule has 0 saturated carbocycles. The number of carbonyl (C=O) groups excluding carboxylic acids is 1. The second kappa shape index (κ2) is 5.06. The SMILES string of the molecule is C#Cc1ccc(C)c(CNC(=O)OC)c1. The van der Waals surface area contributed by atoms with Gasteiger partial charge >= 0.3 is 6.09 Å². The molecule has 0 fully saturated rings. The largest absolute Gasteiger partial charge is 0.453 e. The van der Waals surface area contributed by atoms with Crippen LogP contribution in [-0.2, 0) is 11.3 Å². The van der Waals surface area contributed by atoms with Gasteiger partial charge in [0.1, 0.15) is 0 Å². The van der Waals surface area contributed by atoms with E-state index < -0.39 is 6.09 Å². The summed E-state index contributed by atoms with van der Waals surface area (Å²) in [5, 5.41) is 2.61. The lowest BCUT2D eigenvalue weighted by Gasteiger charge is -2.07. The molecule has 0 heterocycles. The van der Waals surface area contributed by atoms with Gasteiger partial charge in [0, 0.05) is 12.1 Å². The van der Waals surface area contributed by atoms with Gasteiger partial charge in [-0.2, -0.15) is 0 Å². The summed E-state index contributed by atoms with van der Waals surface area (Å²) in [5.41, 5.74) is 2.89. The molecule has 0 bridgehead atoms. The highest BCUT2D eigenvalue weighted by Crippen LogP contribution is 2.10. The molecule has 3 heteroatoms. The van der Waals surface area contributed by atoms with E-state index in [-0.39, 0.29) is 0 Å². The molecular formula is C12H13NO2. The highest BCUT2D eigenvalue weighted by molar-refractivity contribution is 5.67. The minimum Gasteiger partial charge on any atom is -0.453 e. The Bertz CT molecular complexity index is 405. The molecule has 3 nitrogen and oxygen atoms in total. The second-order valence-corrected chi connectivity index (χ2v) is 3.13. The lowest BCUT2D eigenvalue weighted by atomic mass is 10.1. The van der Waals surface area contributed by atoms with Crippen molar-refractivity contribution in [2.45, 2.75) is 13.5 Å². The lowest BCUT2D eigenvalue weighted by Crippen LogP contribution is -2.22. The maximum absolute atomic E-state index is 10.9. The van der Waals surface area contributed by atoms with E-state index in [9.17, 15) is 4.79 Å². The lowest BCUT2D eigenvalue weighted by molar-refractivity contribution is 0.170. The van der Waals surface area contributed by atoms with Crippen LogP contribution in [0.1, 0.15) is 16.7 Å². The molecule has 0 unspecified atom stereocenters. The Morgan fingerprint density at radius 2 is 2.33 bits per heavy atom. The number of benzene rings is 1. The number of hydrogen-bond acceptors (Lipinski definition) is 2. The van der Waals surface area contributed by atoms with Gasteiger partial charge < -0.3 is 10.1 Å². The molecule has 15 heavy (non-hydrogen) atoms. The summed E-state index contributed by atoms with van der Waals surface area (Å²) in [6.07, 6.45) is 4.84. The van der Waals surface area contributed by atoms with Gasteiger partial charge in [-0.15, -0.1) is 6.42 Å². The Balaban J connectivity index is 2.76. The molecular weight excluding hydrogens is 190 g/mol. The highest BCUT2D eigenvalue weighted by atomic mass is 16.5. The van der Waals surface area contributed by atoms with E-state index in [1.807, 2.05) is 25.1 Å². The molecule has 0 saturated heterocycles. The smallest absolute Gasteiger partial charge is 0.407 e. The maximum Gasteiger partial charge on any atom is 0.407 e. The third kappa shape index (κ3) is 3.03. The van der Waals surface area contributed by atoms with E-state index in [2.05, 4.69) is 16.0 Å². The van der Waals surface area contributed by atoms with Crippen LogP contribution in [0.2, 0.25) is 0 Å². The number of hydrogen-bond donors (Lipinski definition) is 1. The first-order valence-corrected chi connectivity index (χ1v) is 4.55. The third-order valence-corrected chi connectivity index (χ3v) is 2.12. The Morgan fingerprint density at radius 1 is 1.60 bits per heavy atom. The number of rotatable bonds is 2. The van der Waals surface area contributed by atoms with Crippen molar-refractivity contribution in [2.75, 3.05) is 7.11 Å². The molecule has 1 rings (SSSR count). The van der Waals surface area contributed by atoms with E-state index >= 15 is 0 Å². The topological polar surface area (TPSA) is 38.3 Å². The van der Waals surface area contributed by atoms with Crippen LogP contribution in [0.25, 0.3) is 0 Å². The summed E-state index contributed by atoms with van der Waals surface area (Å²) < 4.78 is 4.48. The fraction of sp³-hybridized carbons (Fsp3) is 0.250. The predicted octanol–water partition coefficient (Wildman–Crippen LogP) is 1.83. The van der Waals surface area contributed by atoms with Crippen molar-refractivity contribution in [3.05, 3.63) is 34.9 Å². The Kier molecular flexibility index (Phi) is 3.75. The van der Waals surface area contributed by atoms with E-state index in [4.69, 9.17) is 6.42 Å². The van der Waals surface area contributed by atoms with Crippen LogP contribution in [0, 0.1) is 19.3 Å². The molecule has 1 amide bonds. The molecule has 0 spiro atoms. The van der Waals surface area contributed by atoms with Gasteiger partial charge in [0.25, 0.3) is 0 Å². The van der Waals surface area contributed by atoms with Crippen molar-refractivity contribution in [3.63, 3.8) is 0 Å². The quantitative estimate of drug-likeness (QED) is 0.745. The standard InChI is InChI=1S/C12H13NO2/c1-4-10-6-5-9(2)11(7-10)8-13-12(14)15-3/h1,5-7H,8H2,2-3H3,(H,13,14). The number of alkyl carbamates (subject to hydrolysis) is 1. The van der Waals surface area contributed by atoms with Gasteiger partial charge in [-0.3, -0.25) is 0 Å². The van der Waals surface area contributed by atoms with Crippen molar-refractivity contribution in [2.24, 2.45) is 0 Å². The minimum atomic E-state index is -0.444. The monoisotopic (exact) mass is 203 g/mol. The number of carbonyl (C=O) groups is 1. The molecule has 0 aliphatic rings. The van der Waals surface area contributed by atoms with Crippen LogP contribution in [-0.4, -0.2) is 13.2 Å². The van der Waals surface area contributed by atoms with Crippen molar-refractivity contribution < 1.29 is 9.53 Å². The van der Waals surface area contributed by atoms with Gasteiger partial charge in [-0.05, 0) is 30.2 Å². The van der Waals surface area contributed by atoms with Crippen LogP contribution in [0.3, 0.4) is 0 Å². The summed E-state index contributed by atoms with van der Waals surface area (Å²) in [6, 6.07) is 5.69. The zero-order valence-corrected chi connectivity index (χ0v) is 8.83. The zero-order chi connectivity index (χ0) is 11.3. The van der Waals surface area contributed by atoms with E-state index in [0.29, 0.717) is 6.54 Å². The highest BCUT2D eigenvalue weighted by Gasteiger charge is 2.02. The zero-order valence-electron chi connectivity index (χ0n) is 8.83. The van der Waals surface area contributed by atoms with Crippen LogP contribution in [0.15, 0.2) is 18.2 Å². The molecule has 0 atom stereocenters. The summed E-state index contributed by atoms with van der Waals surface area (Å²) in [4.78, 5) is 10.9. The Labute approximate surface area is 89.4 Å². The second-order valence-electron chi connectivity index (χ2n) is 3.13. The van der Waals surface area contributed by atoms with Crippen LogP contribution in [0.4, 0.5) is 4.79 Å². The molecule has 1 N–H and O–H groups in total. The fourth-order valence-corrected chi connectivity index (χ4v) is 1.19. The van der Waals surface area contributed by atoms with Crippen molar-refractivity contribution >= 4 is 6.09 Å². The summed E-state index contributed by atoms with van der Waals surface area (Å²) in [7, 11) is 1.33. The number of aryl methyl sites for hydroxylation is 1. The van der Waals surface area contributed by atoms with Crippen LogP contribution in [0.5, 0.6) is 0 Å². The van der Waals surface area contributed by atoms with E-state index in [0.717, 1.165) is 16.7 Å². The number of amides is 1. The number of ether oxygens (including phenoxy) is 1.